The van der Waals surface area contributed by atoms with Crippen LogP contribution >= 0.6 is 23.2 Å². The molecule has 28 heavy (non-hydrogen) atoms. The van der Waals surface area contributed by atoms with E-state index < -0.39 is 8.32 Å². The van der Waals surface area contributed by atoms with Crippen molar-refractivity contribution in [1.82, 2.24) is 15.0 Å². The van der Waals surface area contributed by atoms with Crippen LogP contribution in [0, 0.1) is 6.92 Å². The topological polar surface area (TPSA) is 68.2 Å². The largest absolute Gasteiger partial charge is 0.415 e. The van der Waals surface area contributed by atoms with Gasteiger partial charge in [0.2, 0.25) is 0 Å². The SMILES string of the molecule is Cc1ccc(N(CCO[Si](C)(C)C(C)(C)C)C(=O)c2c(Cl)ncnc2Cl)cn1. The number of aryl methyl sites for hydroxylation is 1. The Morgan fingerprint density at radius 2 is 1.75 bits per heavy atom. The molecule has 0 spiro atoms. The molecule has 0 aliphatic rings. The maximum atomic E-state index is 13.2. The first-order valence-electron chi connectivity index (χ1n) is 8.98. The number of anilines is 1. The highest BCUT2D eigenvalue weighted by molar-refractivity contribution is 6.74. The quantitative estimate of drug-likeness (QED) is 0.458. The van der Waals surface area contributed by atoms with Crippen LogP contribution in [0.1, 0.15) is 36.8 Å². The minimum absolute atomic E-state index is 0.0142. The highest BCUT2D eigenvalue weighted by Gasteiger charge is 2.37. The van der Waals surface area contributed by atoms with Crippen molar-refractivity contribution in [2.24, 2.45) is 0 Å². The number of carbonyl (C=O) groups is 1. The molecule has 0 unspecified atom stereocenters. The molecule has 0 radical (unpaired) electrons. The van der Waals surface area contributed by atoms with E-state index in [0.29, 0.717) is 18.8 Å². The number of aromatic nitrogens is 3. The van der Waals surface area contributed by atoms with E-state index in [0.717, 1.165) is 5.69 Å². The number of nitrogens with zero attached hydrogens (tertiary/aromatic N) is 4. The third kappa shape index (κ3) is 5.29. The van der Waals surface area contributed by atoms with E-state index in [4.69, 9.17) is 27.6 Å². The minimum atomic E-state index is -1.95. The zero-order valence-electron chi connectivity index (χ0n) is 17.1. The van der Waals surface area contributed by atoms with Crippen molar-refractivity contribution >= 4 is 43.1 Å². The molecular formula is C19H26Cl2N4O2Si. The first-order valence-corrected chi connectivity index (χ1v) is 12.6. The van der Waals surface area contributed by atoms with Gasteiger partial charge < -0.3 is 9.33 Å². The summed E-state index contributed by atoms with van der Waals surface area (Å²) in [5.41, 5.74) is 1.55. The predicted octanol–water partition coefficient (Wildman–Crippen LogP) is 5.16. The van der Waals surface area contributed by atoms with Crippen molar-refractivity contribution in [2.75, 3.05) is 18.1 Å². The summed E-state index contributed by atoms with van der Waals surface area (Å²) >= 11 is 12.2. The smallest absolute Gasteiger partial charge is 0.264 e. The number of pyridine rings is 1. The van der Waals surface area contributed by atoms with E-state index >= 15 is 0 Å². The Morgan fingerprint density at radius 1 is 1.14 bits per heavy atom. The van der Waals surface area contributed by atoms with Gasteiger partial charge in [0.05, 0.1) is 18.5 Å². The maximum Gasteiger partial charge on any atom is 0.264 e. The molecule has 1 amide bonds. The fourth-order valence-corrected chi connectivity index (χ4v) is 3.74. The molecule has 2 aromatic heterocycles. The van der Waals surface area contributed by atoms with Gasteiger partial charge in [0, 0.05) is 12.2 Å². The van der Waals surface area contributed by atoms with E-state index in [-0.39, 0.29) is 26.8 Å². The van der Waals surface area contributed by atoms with E-state index in [1.165, 1.54) is 6.33 Å². The van der Waals surface area contributed by atoms with Crippen LogP contribution < -0.4 is 4.90 Å². The standard InChI is InChI=1S/C19H26Cl2N4O2Si/c1-13-7-8-14(11-22-13)25(9-10-27-28(5,6)19(2,3)4)18(26)15-16(20)23-12-24-17(15)21/h7-8,11-12H,9-10H2,1-6H3. The van der Waals surface area contributed by atoms with E-state index in [1.54, 1.807) is 11.1 Å². The first-order chi connectivity index (χ1) is 12.9. The van der Waals surface area contributed by atoms with Gasteiger partial charge in [-0.2, -0.15) is 0 Å². The third-order valence-corrected chi connectivity index (χ3v) is 10.1. The second-order valence-electron chi connectivity index (χ2n) is 8.05. The van der Waals surface area contributed by atoms with Gasteiger partial charge in [0.1, 0.15) is 22.2 Å². The lowest BCUT2D eigenvalue weighted by Crippen LogP contribution is -2.43. The highest BCUT2D eigenvalue weighted by atomic mass is 35.5. The van der Waals surface area contributed by atoms with Crippen LogP contribution in [-0.4, -0.2) is 42.3 Å². The lowest BCUT2D eigenvalue weighted by atomic mass is 10.2. The molecule has 0 aliphatic carbocycles. The summed E-state index contributed by atoms with van der Waals surface area (Å²) in [5, 5.41) is 0.105. The number of halogens is 2. The Hall–Kier alpha value is -1.54. The zero-order chi connectivity index (χ0) is 21.1. The van der Waals surface area contributed by atoms with Gasteiger partial charge in [0.25, 0.3) is 5.91 Å². The van der Waals surface area contributed by atoms with Gasteiger partial charge in [-0.3, -0.25) is 9.78 Å². The molecule has 0 N–H and O–H groups in total. The normalized spacial score (nSPS) is 12.1. The van der Waals surface area contributed by atoms with Gasteiger partial charge in [-0.1, -0.05) is 44.0 Å². The summed E-state index contributed by atoms with van der Waals surface area (Å²) in [6.07, 6.45) is 2.87. The van der Waals surface area contributed by atoms with Gasteiger partial charge in [-0.25, -0.2) is 9.97 Å². The third-order valence-electron chi connectivity index (χ3n) is 5.01. The summed E-state index contributed by atoms with van der Waals surface area (Å²) in [4.78, 5) is 26.8. The second kappa shape index (κ2) is 8.86. The summed E-state index contributed by atoms with van der Waals surface area (Å²) in [6, 6.07) is 3.67. The van der Waals surface area contributed by atoms with Gasteiger partial charge in [0.15, 0.2) is 8.32 Å². The van der Waals surface area contributed by atoms with Crippen LogP contribution in [0.3, 0.4) is 0 Å². The Balaban J connectivity index is 2.30. The molecule has 6 nitrogen and oxygen atoms in total. The first kappa shape index (κ1) is 22.7. The number of amides is 1. The zero-order valence-corrected chi connectivity index (χ0v) is 19.6. The number of hydrogen-bond acceptors (Lipinski definition) is 5. The number of rotatable bonds is 6. The summed E-state index contributed by atoms with van der Waals surface area (Å²) in [7, 11) is -1.95. The van der Waals surface area contributed by atoms with Gasteiger partial charge >= 0.3 is 0 Å². The molecule has 0 atom stereocenters. The highest BCUT2D eigenvalue weighted by Crippen LogP contribution is 2.36. The lowest BCUT2D eigenvalue weighted by Gasteiger charge is -2.36. The molecule has 2 heterocycles. The minimum Gasteiger partial charge on any atom is -0.415 e. The van der Waals surface area contributed by atoms with E-state index in [2.05, 4.69) is 48.8 Å². The molecule has 152 valence electrons. The van der Waals surface area contributed by atoms with Crippen molar-refractivity contribution in [3.8, 4) is 0 Å². The van der Waals surface area contributed by atoms with Crippen LogP contribution in [0.25, 0.3) is 0 Å². The van der Waals surface area contributed by atoms with Crippen LogP contribution in [-0.2, 0) is 4.43 Å². The van der Waals surface area contributed by atoms with Crippen LogP contribution in [0.4, 0.5) is 5.69 Å². The number of carbonyl (C=O) groups excluding carboxylic acids is 1. The molecule has 2 aromatic rings. The molecule has 0 saturated heterocycles. The molecule has 0 bridgehead atoms. The molecule has 2 rings (SSSR count). The van der Waals surface area contributed by atoms with Gasteiger partial charge in [-0.05, 0) is 37.2 Å². The lowest BCUT2D eigenvalue weighted by molar-refractivity contribution is 0.0981. The van der Waals surface area contributed by atoms with E-state index in [1.807, 2.05) is 19.1 Å². The Kier molecular flexibility index (Phi) is 7.20. The molecule has 0 saturated carbocycles. The Bertz CT molecular complexity index is 819. The Labute approximate surface area is 177 Å². The molecule has 0 fully saturated rings. The van der Waals surface area contributed by atoms with Crippen molar-refractivity contribution < 1.29 is 9.22 Å². The molecule has 0 aliphatic heterocycles. The van der Waals surface area contributed by atoms with Crippen LogP contribution in [0.2, 0.25) is 28.4 Å². The fourth-order valence-electron chi connectivity index (χ4n) is 2.23. The monoisotopic (exact) mass is 440 g/mol. The van der Waals surface area contributed by atoms with Crippen molar-refractivity contribution in [2.45, 2.75) is 45.8 Å². The molecular weight excluding hydrogens is 415 g/mol. The number of hydrogen-bond donors (Lipinski definition) is 0. The summed E-state index contributed by atoms with van der Waals surface area (Å²) in [6.45, 7) is 13.5. The average molecular weight is 441 g/mol. The van der Waals surface area contributed by atoms with Crippen LogP contribution in [0.5, 0.6) is 0 Å². The van der Waals surface area contributed by atoms with Crippen molar-refractivity contribution in [3.63, 3.8) is 0 Å². The van der Waals surface area contributed by atoms with Crippen molar-refractivity contribution in [3.05, 3.63) is 46.2 Å². The average Bonchev–Trinajstić information content (AvgIpc) is 2.58. The van der Waals surface area contributed by atoms with Gasteiger partial charge in [-0.15, -0.1) is 0 Å². The maximum absolute atomic E-state index is 13.2. The van der Waals surface area contributed by atoms with Crippen molar-refractivity contribution in [1.29, 1.82) is 0 Å². The molecule has 9 heteroatoms. The summed E-state index contributed by atoms with van der Waals surface area (Å²) in [5.74, 6) is -0.389. The summed E-state index contributed by atoms with van der Waals surface area (Å²) < 4.78 is 6.24. The van der Waals surface area contributed by atoms with Crippen LogP contribution in [0.15, 0.2) is 24.7 Å². The Morgan fingerprint density at radius 3 is 2.25 bits per heavy atom. The predicted molar refractivity (Wildman–Crippen MR) is 116 cm³/mol. The molecule has 0 aromatic carbocycles. The fraction of sp³-hybridized carbons (Fsp3) is 0.474. The second-order valence-corrected chi connectivity index (χ2v) is 13.6. The van der Waals surface area contributed by atoms with E-state index in [9.17, 15) is 4.79 Å².